The third kappa shape index (κ3) is 6.18. The van der Waals surface area contributed by atoms with E-state index in [4.69, 9.17) is 4.74 Å². The number of hydrogen-bond acceptors (Lipinski definition) is 5. The fourth-order valence-corrected chi connectivity index (χ4v) is 6.16. The minimum atomic E-state index is -4.70. The van der Waals surface area contributed by atoms with Crippen LogP contribution in [0, 0.1) is 17.6 Å². The van der Waals surface area contributed by atoms with E-state index in [2.05, 4.69) is 10.2 Å². The number of carboxylic acids is 1. The first-order valence-electron chi connectivity index (χ1n) is 13.7. The second kappa shape index (κ2) is 11.2. The van der Waals surface area contributed by atoms with Crippen LogP contribution in [0.3, 0.4) is 0 Å². The van der Waals surface area contributed by atoms with Crippen LogP contribution in [0.15, 0.2) is 36.4 Å². The van der Waals surface area contributed by atoms with E-state index in [0.29, 0.717) is 50.8 Å². The maximum Gasteiger partial charge on any atom is 0.416 e. The highest BCUT2D eigenvalue weighted by atomic mass is 19.4. The van der Waals surface area contributed by atoms with Crippen molar-refractivity contribution >= 4 is 17.6 Å². The number of carboxylic acid groups (broad SMARTS) is 1. The van der Waals surface area contributed by atoms with Crippen molar-refractivity contribution in [1.82, 2.24) is 10.2 Å². The molecule has 0 spiro atoms. The molecule has 0 bridgehead atoms. The summed E-state index contributed by atoms with van der Waals surface area (Å²) in [5.41, 5.74) is -1.78. The number of halogens is 5. The summed E-state index contributed by atoms with van der Waals surface area (Å²) in [5, 5.41) is 12.2. The van der Waals surface area contributed by atoms with Crippen molar-refractivity contribution in [2.75, 3.05) is 31.1 Å². The highest BCUT2D eigenvalue weighted by molar-refractivity contribution is 5.94. The van der Waals surface area contributed by atoms with E-state index >= 15 is 0 Å². The molecule has 1 unspecified atom stereocenters. The van der Waals surface area contributed by atoms with Gasteiger partial charge in [-0.1, -0.05) is 0 Å². The van der Waals surface area contributed by atoms with E-state index in [0.717, 1.165) is 31.0 Å². The quantitative estimate of drug-likeness (QED) is 0.456. The Morgan fingerprint density at radius 1 is 1.07 bits per heavy atom. The zero-order chi connectivity index (χ0) is 29.5. The van der Waals surface area contributed by atoms with Crippen LogP contribution < -0.4 is 10.2 Å². The number of nitrogens with one attached hydrogen (secondary N) is 1. The number of ether oxygens (including phenoxy) is 1. The van der Waals surface area contributed by atoms with Gasteiger partial charge in [0.05, 0.1) is 23.4 Å². The summed E-state index contributed by atoms with van der Waals surface area (Å²) < 4.78 is 73.0. The number of aromatic carboxylic acids is 1. The molecule has 7 nitrogen and oxygen atoms in total. The molecule has 3 fully saturated rings. The Morgan fingerprint density at radius 3 is 2.44 bits per heavy atom. The summed E-state index contributed by atoms with van der Waals surface area (Å²) in [6, 6.07) is 5.97. The van der Waals surface area contributed by atoms with E-state index in [1.54, 1.807) is 0 Å². The van der Waals surface area contributed by atoms with Crippen LogP contribution in [0.2, 0.25) is 0 Å². The molecule has 5 rings (SSSR count). The Bertz CT molecular complexity index is 1310. The van der Waals surface area contributed by atoms with Gasteiger partial charge in [-0.2, -0.15) is 13.2 Å². The number of amides is 1. The molecule has 222 valence electrons. The van der Waals surface area contributed by atoms with Crippen molar-refractivity contribution < 1.29 is 41.4 Å². The normalized spacial score (nSPS) is 25.7. The number of hydrogen-bond donors (Lipinski definition) is 2. The minimum absolute atomic E-state index is 0.0179. The van der Waals surface area contributed by atoms with Crippen LogP contribution in [0.5, 0.6) is 0 Å². The summed E-state index contributed by atoms with van der Waals surface area (Å²) in [7, 11) is 0. The average molecular weight is 582 g/mol. The molecule has 1 saturated carbocycles. The number of piperazine rings is 1. The molecule has 1 amide bonds. The monoisotopic (exact) mass is 581 g/mol. The molecule has 2 aliphatic heterocycles. The Balaban J connectivity index is 1.20. The van der Waals surface area contributed by atoms with E-state index in [1.807, 2.05) is 11.8 Å². The average Bonchev–Trinajstić information content (AvgIpc) is 3.77. The fourth-order valence-electron chi connectivity index (χ4n) is 6.16. The molecular formula is C29H32F5N3O4. The highest BCUT2D eigenvalue weighted by Crippen LogP contribution is 2.47. The van der Waals surface area contributed by atoms with Crippen LogP contribution in [0.1, 0.15) is 54.1 Å². The molecule has 1 aliphatic carbocycles. The van der Waals surface area contributed by atoms with Gasteiger partial charge in [-0.25, -0.2) is 13.6 Å². The number of benzene rings is 2. The predicted molar refractivity (Wildman–Crippen MR) is 139 cm³/mol. The molecule has 41 heavy (non-hydrogen) atoms. The fraction of sp³-hybridized carbons (Fsp3) is 0.517. The number of rotatable bonds is 7. The third-order valence-electron chi connectivity index (χ3n) is 8.42. The van der Waals surface area contributed by atoms with Gasteiger partial charge in [0, 0.05) is 38.3 Å². The number of carbonyl (C=O) groups excluding carboxylic acids is 1. The van der Waals surface area contributed by atoms with Crippen LogP contribution in [0.25, 0.3) is 0 Å². The first-order chi connectivity index (χ1) is 19.4. The third-order valence-corrected chi connectivity index (χ3v) is 8.42. The molecule has 2 aromatic rings. The molecule has 2 saturated heterocycles. The lowest BCUT2D eigenvalue weighted by Gasteiger charge is -2.48. The number of alkyl halides is 3. The van der Waals surface area contributed by atoms with Crippen molar-refractivity contribution in [1.29, 1.82) is 0 Å². The zero-order valence-corrected chi connectivity index (χ0v) is 22.5. The van der Waals surface area contributed by atoms with Crippen molar-refractivity contribution in [3.05, 3.63) is 64.7 Å². The topological polar surface area (TPSA) is 82.1 Å². The molecular weight excluding hydrogens is 549 g/mol. The number of nitrogens with zero attached hydrogens (tertiary/aromatic N) is 2. The lowest BCUT2D eigenvalue weighted by Crippen LogP contribution is -2.60. The van der Waals surface area contributed by atoms with Gasteiger partial charge >= 0.3 is 12.1 Å². The summed E-state index contributed by atoms with van der Waals surface area (Å²) in [5.74, 6) is -3.20. The Morgan fingerprint density at radius 2 is 1.83 bits per heavy atom. The van der Waals surface area contributed by atoms with Gasteiger partial charge in [0.25, 0.3) is 5.91 Å². The molecule has 0 aromatic heterocycles. The van der Waals surface area contributed by atoms with Gasteiger partial charge in [0.2, 0.25) is 0 Å². The first kappa shape index (κ1) is 29.2. The van der Waals surface area contributed by atoms with Crippen LogP contribution in [-0.2, 0) is 22.3 Å². The molecule has 2 aromatic carbocycles. The van der Waals surface area contributed by atoms with Gasteiger partial charge in [-0.15, -0.1) is 0 Å². The summed E-state index contributed by atoms with van der Waals surface area (Å²) in [6.07, 6.45) is -1.95. The smallest absolute Gasteiger partial charge is 0.416 e. The van der Waals surface area contributed by atoms with E-state index in [9.17, 15) is 36.6 Å². The minimum Gasteiger partial charge on any atom is -0.478 e. The Hall–Kier alpha value is -3.25. The molecule has 3 atom stereocenters. The number of carbonyl (C=O) groups is 2. The largest absolute Gasteiger partial charge is 0.478 e. The molecule has 2 heterocycles. The Kier molecular flexibility index (Phi) is 7.99. The summed E-state index contributed by atoms with van der Waals surface area (Å²) in [4.78, 5) is 29.2. The van der Waals surface area contributed by atoms with Crippen LogP contribution >= 0.6 is 0 Å². The highest BCUT2D eigenvalue weighted by Gasteiger charge is 2.54. The lowest BCUT2D eigenvalue weighted by atomic mass is 9.85. The summed E-state index contributed by atoms with van der Waals surface area (Å²) in [6.45, 7) is 3.80. The molecule has 2 N–H and O–H groups in total. The van der Waals surface area contributed by atoms with Crippen molar-refractivity contribution in [2.45, 2.75) is 63.0 Å². The standard InChI is InChI=1S/C29H32F5N3O4/c1-17-15-36(8-9-37(17)25-5-4-21(30)13-24(25)26(38)39)23-6-7-28(41-16-23,19-2-3-19)27(40)35-14-18-10-20(29(32,33)34)12-22(31)11-18/h4-5,10-13,17,19,23H,2-3,6-9,14-16H2,1H3,(H,35,40)(H,38,39)/t17?,23-,28+/m1/s1. The van der Waals surface area contributed by atoms with Crippen molar-refractivity contribution in [3.63, 3.8) is 0 Å². The van der Waals surface area contributed by atoms with Gasteiger partial charge < -0.3 is 20.1 Å². The maximum atomic E-state index is 13.8. The van der Waals surface area contributed by atoms with Crippen molar-refractivity contribution in [2.24, 2.45) is 5.92 Å². The lowest BCUT2D eigenvalue weighted by molar-refractivity contribution is -0.165. The maximum absolute atomic E-state index is 13.8. The van der Waals surface area contributed by atoms with Gasteiger partial charge in [-0.3, -0.25) is 9.69 Å². The Labute approximate surface area is 234 Å². The van der Waals surface area contributed by atoms with Gasteiger partial charge in [0.1, 0.15) is 17.2 Å². The van der Waals surface area contributed by atoms with Crippen LogP contribution in [-0.4, -0.2) is 65.8 Å². The SMILES string of the molecule is CC1CN([C@@H]2CC[C@@](C(=O)NCc3cc(F)cc(C(F)(F)F)c3)(C3CC3)OC2)CCN1c1ccc(F)cc1C(=O)O. The predicted octanol–water partition coefficient (Wildman–Crippen LogP) is 4.84. The van der Waals surface area contributed by atoms with Crippen molar-refractivity contribution in [3.8, 4) is 0 Å². The number of anilines is 1. The molecule has 12 heteroatoms. The zero-order valence-electron chi connectivity index (χ0n) is 22.5. The second-order valence-corrected chi connectivity index (χ2v) is 11.2. The van der Waals surface area contributed by atoms with E-state index in [-0.39, 0.29) is 35.7 Å². The van der Waals surface area contributed by atoms with E-state index in [1.165, 1.54) is 12.1 Å². The van der Waals surface area contributed by atoms with Gasteiger partial charge in [-0.05, 0) is 80.5 Å². The van der Waals surface area contributed by atoms with E-state index < -0.39 is 40.9 Å². The summed E-state index contributed by atoms with van der Waals surface area (Å²) >= 11 is 0. The molecule has 0 radical (unpaired) electrons. The second-order valence-electron chi connectivity index (χ2n) is 11.2. The van der Waals surface area contributed by atoms with Crippen LogP contribution in [0.4, 0.5) is 27.6 Å². The first-order valence-corrected chi connectivity index (χ1v) is 13.7. The van der Waals surface area contributed by atoms with Gasteiger partial charge in [0.15, 0.2) is 0 Å². The molecule has 3 aliphatic rings.